The average molecular weight is 369 g/mol. The quantitative estimate of drug-likeness (QED) is 0.841. The fourth-order valence-corrected chi connectivity index (χ4v) is 2.17. The van der Waals surface area contributed by atoms with Crippen LogP contribution in [-0.4, -0.2) is 18.4 Å². The number of amides is 2. The SMILES string of the molecule is CC(=O)Nc1cc(NC(=O)COc2cccc(Cl)c2C)c(F)cc1F. The molecule has 0 unspecified atom stereocenters. The molecule has 0 heterocycles. The van der Waals surface area contributed by atoms with Gasteiger partial charge in [-0.15, -0.1) is 0 Å². The summed E-state index contributed by atoms with van der Waals surface area (Å²) in [6, 6.07) is 6.56. The Morgan fingerprint density at radius 2 is 1.76 bits per heavy atom. The van der Waals surface area contributed by atoms with E-state index in [4.69, 9.17) is 16.3 Å². The summed E-state index contributed by atoms with van der Waals surface area (Å²) < 4.78 is 32.7. The van der Waals surface area contributed by atoms with Crippen LogP contribution in [0.1, 0.15) is 12.5 Å². The maximum absolute atomic E-state index is 13.8. The molecule has 2 aromatic rings. The van der Waals surface area contributed by atoms with Crippen molar-refractivity contribution in [2.75, 3.05) is 17.2 Å². The van der Waals surface area contributed by atoms with Gasteiger partial charge in [0, 0.05) is 23.6 Å². The van der Waals surface area contributed by atoms with E-state index < -0.39 is 30.1 Å². The van der Waals surface area contributed by atoms with Crippen molar-refractivity contribution in [1.29, 1.82) is 0 Å². The second kappa shape index (κ2) is 7.94. The van der Waals surface area contributed by atoms with Crippen molar-refractivity contribution in [2.45, 2.75) is 13.8 Å². The molecule has 0 aliphatic rings. The minimum Gasteiger partial charge on any atom is -0.483 e. The summed E-state index contributed by atoms with van der Waals surface area (Å²) in [4.78, 5) is 22.9. The third kappa shape index (κ3) is 4.90. The molecule has 25 heavy (non-hydrogen) atoms. The van der Waals surface area contributed by atoms with Crippen LogP contribution < -0.4 is 15.4 Å². The van der Waals surface area contributed by atoms with Crippen molar-refractivity contribution in [2.24, 2.45) is 0 Å². The van der Waals surface area contributed by atoms with Gasteiger partial charge in [-0.25, -0.2) is 8.78 Å². The first-order valence-electron chi connectivity index (χ1n) is 7.22. The lowest BCUT2D eigenvalue weighted by atomic mass is 10.2. The summed E-state index contributed by atoms with van der Waals surface area (Å²) in [7, 11) is 0. The van der Waals surface area contributed by atoms with Gasteiger partial charge in [-0.05, 0) is 25.1 Å². The van der Waals surface area contributed by atoms with E-state index in [9.17, 15) is 18.4 Å². The number of ether oxygens (including phenoxy) is 1. The molecule has 0 bridgehead atoms. The zero-order chi connectivity index (χ0) is 18.6. The van der Waals surface area contributed by atoms with Crippen LogP contribution in [0.2, 0.25) is 5.02 Å². The Balaban J connectivity index is 2.07. The summed E-state index contributed by atoms with van der Waals surface area (Å²) in [5.41, 5.74) is 0.148. The number of nitrogens with one attached hydrogen (secondary N) is 2. The summed E-state index contributed by atoms with van der Waals surface area (Å²) in [6.07, 6.45) is 0. The molecular formula is C17H15ClF2N2O3. The minimum atomic E-state index is -0.973. The van der Waals surface area contributed by atoms with Gasteiger partial charge < -0.3 is 15.4 Å². The predicted octanol–water partition coefficient (Wildman–Crippen LogP) is 3.90. The maximum Gasteiger partial charge on any atom is 0.262 e. The summed E-state index contributed by atoms with van der Waals surface area (Å²) in [5, 5.41) is 4.96. The number of hydrogen-bond donors (Lipinski definition) is 2. The molecule has 8 heteroatoms. The highest BCUT2D eigenvalue weighted by Gasteiger charge is 2.14. The molecule has 2 aromatic carbocycles. The number of halogens is 3. The van der Waals surface area contributed by atoms with Crippen molar-refractivity contribution < 1.29 is 23.1 Å². The molecule has 0 aromatic heterocycles. The number of benzene rings is 2. The Morgan fingerprint density at radius 3 is 2.40 bits per heavy atom. The Morgan fingerprint density at radius 1 is 1.12 bits per heavy atom. The van der Waals surface area contributed by atoms with Crippen LogP contribution in [0.3, 0.4) is 0 Å². The van der Waals surface area contributed by atoms with Gasteiger partial charge in [0.25, 0.3) is 5.91 Å². The van der Waals surface area contributed by atoms with E-state index in [1.54, 1.807) is 25.1 Å². The standard InChI is InChI=1S/C17H15ClF2N2O3/c1-9-11(18)4-3-5-16(9)25-8-17(24)22-15-7-14(21-10(2)23)12(19)6-13(15)20/h3-7H,8H2,1-2H3,(H,21,23)(H,22,24). The van der Waals surface area contributed by atoms with Crippen LogP contribution in [-0.2, 0) is 9.59 Å². The van der Waals surface area contributed by atoms with Gasteiger partial charge >= 0.3 is 0 Å². The zero-order valence-electron chi connectivity index (χ0n) is 13.5. The van der Waals surface area contributed by atoms with Gasteiger partial charge in [-0.2, -0.15) is 0 Å². The fourth-order valence-electron chi connectivity index (χ4n) is 2.00. The Hall–Kier alpha value is -2.67. The highest BCUT2D eigenvalue weighted by atomic mass is 35.5. The Bertz CT molecular complexity index is 828. The molecule has 0 saturated carbocycles. The second-order valence-electron chi connectivity index (χ2n) is 5.19. The number of carbonyl (C=O) groups excluding carboxylic acids is 2. The molecule has 0 aliphatic carbocycles. The third-order valence-electron chi connectivity index (χ3n) is 3.22. The number of hydrogen-bond acceptors (Lipinski definition) is 3. The molecule has 0 radical (unpaired) electrons. The van der Waals surface area contributed by atoms with Crippen LogP contribution in [0.25, 0.3) is 0 Å². The van der Waals surface area contributed by atoms with E-state index in [-0.39, 0.29) is 11.4 Å². The molecule has 0 fully saturated rings. The van der Waals surface area contributed by atoms with Gasteiger partial charge in [0.1, 0.15) is 17.4 Å². The van der Waals surface area contributed by atoms with E-state index >= 15 is 0 Å². The van der Waals surface area contributed by atoms with Gasteiger partial charge in [0.15, 0.2) is 6.61 Å². The molecule has 0 aliphatic heterocycles. The molecule has 2 rings (SSSR count). The zero-order valence-corrected chi connectivity index (χ0v) is 14.2. The van der Waals surface area contributed by atoms with Crippen molar-refractivity contribution in [3.63, 3.8) is 0 Å². The van der Waals surface area contributed by atoms with Crippen molar-refractivity contribution in [1.82, 2.24) is 0 Å². The Kier molecular flexibility index (Phi) is 5.93. The average Bonchev–Trinajstić information content (AvgIpc) is 2.53. The smallest absolute Gasteiger partial charge is 0.262 e. The van der Waals surface area contributed by atoms with Crippen molar-refractivity contribution in [3.05, 3.63) is 52.6 Å². The van der Waals surface area contributed by atoms with E-state index in [0.717, 1.165) is 6.07 Å². The van der Waals surface area contributed by atoms with Crippen LogP contribution in [0.5, 0.6) is 5.75 Å². The first-order valence-corrected chi connectivity index (χ1v) is 7.60. The first kappa shape index (κ1) is 18.7. The van der Waals surface area contributed by atoms with E-state index in [1.807, 2.05) is 0 Å². The maximum atomic E-state index is 13.8. The topological polar surface area (TPSA) is 67.4 Å². The van der Waals surface area contributed by atoms with Crippen LogP contribution in [0, 0.1) is 18.6 Å². The van der Waals surface area contributed by atoms with Gasteiger partial charge in [-0.3, -0.25) is 9.59 Å². The fraction of sp³-hybridized carbons (Fsp3) is 0.176. The monoisotopic (exact) mass is 368 g/mol. The highest BCUT2D eigenvalue weighted by Crippen LogP contribution is 2.26. The summed E-state index contributed by atoms with van der Waals surface area (Å²) >= 11 is 5.95. The minimum absolute atomic E-state index is 0.240. The molecule has 0 spiro atoms. The molecular weight excluding hydrogens is 354 g/mol. The largest absolute Gasteiger partial charge is 0.483 e. The molecule has 2 N–H and O–H groups in total. The van der Waals surface area contributed by atoms with Crippen molar-refractivity contribution in [3.8, 4) is 5.75 Å². The van der Waals surface area contributed by atoms with Gasteiger partial charge in [-0.1, -0.05) is 17.7 Å². The molecule has 2 amide bonds. The molecule has 132 valence electrons. The number of anilines is 2. The lowest BCUT2D eigenvalue weighted by molar-refractivity contribution is -0.118. The van der Waals surface area contributed by atoms with Crippen molar-refractivity contribution >= 4 is 34.8 Å². The van der Waals surface area contributed by atoms with Crippen LogP contribution in [0.15, 0.2) is 30.3 Å². The van der Waals surface area contributed by atoms with Crippen LogP contribution >= 0.6 is 11.6 Å². The third-order valence-corrected chi connectivity index (χ3v) is 3.63. The molecule has 0 saturated heterocycles. The predicted molar refractivity (Wildman–Crippen MR) is 91.0 cm³/mol. The lowest BCUT2D eigenvalue weighted by Crippen LogP contribution is -2.21. The molecule has 5 nitrogen and oxygen atoms in total. The highest BCUT2D eigenvalue weighted by molar-refractivity contribution is 6.31. The second-order valence-corrected chi connectivity index (χ2v) is 5.60. The van der Waals surface area contributed by atoms with E-state index in [1.165, 1.54) is 6.92 Å². The molecule has 0 atom stereocenters. The van der Waals surface area contributed by atoms with E-state index in [0.29, 0.717) is 22.4 Å². The Labute approximate surface area is 147 Å². The normalized spacial score (nSPS) is 10.3. The van der Waals surface area contributed by atoms with Gasteiger partial charge in [0.05, 0.1) is 11.4 Å². The summed E-state index contributed by atoms with van der Waals surface area (Å²) in [6.45, 7) is 2.52. The van der Waals surface area contributed by atoms with Crippen LogP contribution in [0.4, 0.5) is 20.2 Å². The first-order chi connectivity index (χ1) is 11.8. The number of rotatable bonds is 5. The summed E-state index contributed by atoms with van der Waals surface area (Å²) in [5.74, 6) is -2.68. The lowest BCUT2D eigenvalue weighted by Gasteiger charge is -2.12. The number of carbonyl (C=O) groups is 2. The van der Waals surface area contributed by atoms with E-state index in [2.05, 4.69) is 10.6 Å². The van der Waals surface area contributed by atoms with Gasteiger partial charge in [0.2, 0.25) is 5.91 Å².